The molecule has 0 fully saturated rings. The standard InChI is InChI=1S/C9H10N4O/c1-6-11-12-9-3-2-7(5-13(6)9)8(14)4-10/h2-3,5H,4,10H2,1H3. The number of hydrogen-bond donors (Lipinski definition) is 1. The molecule has 2 heterocycles. The molecule has 0 aliphatic heterocycles. The number of nitrogens with zero attached hydrogens (tertiary/aromatic N) is 3. The van der Waals surface area contributed by atoms with Gasteiger partial charge in [0.1, 0.15) is 5.82 Å². The molecule has 0 atom stereocenters. The SMILES string of the molecule is Cc1nnc2ccc(C(=O)CN)cn12. The molecule has 14 heavy (non-hydrogen) atoms. The van der Waals surface area contributed by atoms with Crippen molar-refractivity contribution in [1.29, 1.82) is 0 Å². The Kier molecular flexibility index (Phi) is 2.01. The lowest BCUT2D eigenvalue weighted by Gasteiger charge is -1.99. The van der Waals surface area contributed by atoms with Crippen LogP contribution >= 0.6 is 0 Å². The topological polar surface area (TPSA) is 73.3 Å². The van der Waals surface area contributed by atoms with Crippen LogP contribution in [0.3, 0.4) is 0 Å². The molecule has 72 valence electrons. The highest BCUT2D eigenvalue weighted by atomic mass is 16.1. The second-order valence-electron chi connectivity index (χ2n) is 3.02. The zero-order valence-electron chi connectivity index (χ0n) is 7.77. The fraction of sp³-hybridized carbons (Fsp3) is 0.222. The Balaban J connectivity index is 2.60. The van der Waals surface area contributed by atoms with Crippen molar-refractivity contribution < 1.29 is 4.79 Å². The molecule has 0 aliphatic rings. The average Bonchev–Trinajstić information content (AvgIpc) is 2.59. The van der Waals surface area contributed by atoms with Gasteiger partial charge in [-0.2, -0.15) is 0 Å². The number of Topliss-reactive ketones (excluding diaryl/α,β-unsaturated/α-hetero) is 1. The van der Waals surface area contributed by atoms with Crippen molar-refractivity contribution in [3.8, 4) is 0 Å². The zero-order chi connectivity index (χ0) is 10.1. The first-order valence-electron chi connectivity index (χ1n) is 4.27. The molecule has 0 aromatic carbocycles. The predicted octanol–water partition coefficient (Wildman–Crippen LogP) is 0.179. The van der Waals surface area contributed by atoms with Crippen molar-refractivity contribution in [3.63, 3.8) is 0 Å². The molecule has 0 aliphatic carbocycles. The highest BCUT2D eigenvalue weighted by Crippen LogP contribution is 2.06. The summed E-state index contributed by atoms with van der Waals surface area (Å²) in [4.78, 5) is 11.3. The van der Waals surface area contributed by atoms with E-state index < -0.39 is 0 Å². The second kappa shape index (κ2) is 3.19. The minimum absolute atomic E-state index is 0.0205. The van der Waals surface area contributed by atoms with E-state index in [2.05, 4.69) is 10.2 Å². The molecule has 2 aromatic rings. The smallest absolute Gasteiger partial charge is 0.177 e. The van der Waals surface area contributed by atoms with Crippen LogP contribution in [0.25, 0.3) is 5.65 Å². The number of aromatic nitrogens is 3. The van der Waals surface area contributed by atoms with Crippen LogP contribution in [0.2, 0.25) is 0 Å². The molecule has 0 bridgehead atoms. The quantitative estimate of drug-likeness (QED) is 0.685. The highest BCUT2D eigenvalue weighted by Gasteiger charge is 2.06. The summed E-state index contributed by atoms with van der Waals surface area (Å²) in [7, 11) is 0. The lowest BCUT2D eigenvalue weighted by atomic mass is 10.2. The summed E-state index contributed by atoms with van der Waals surface area (Å²) in [5, 5.41) is 7.81. The van der Waals surface area contributed by atoms with Gasteiger partial charge >= 0.3 is 0 Å². The van der Waals surface area contributed by atoms with E-state index in [0.29, 0.717) is 5.56 Å². The summed E-state index contributed by atoms with van der Waals surface area (Å²) in [6, 6.07) is 3.46. The number of ketones is 1. The molecule has 2 N–H and O–H groups in total. The van der Waals surface area contributed by atoms with E-state index in [4.69, 9.17) is 5.73 Å². The molecule has 0 saturated heterocycles. The van der Waals surface area contributed by atoms with E-state index >= 15 is 0 Å². The number of hydrogen-bond acceptors (Lipinski definition) is 4. The number of carbonyl (C=O) groups excluding carboxylic acids is 1. The third-order valence-electron chi connectivity index (χ3n) is 2.08. The van der Waals surface area contributed by atoms with Crippen LogP contribution in [-0.2, 0) is 0 Å². The summed E-state index contributed by atoms with van der Waals surface area (Å²) in [6.45, 7) is 1.85. The van der Waals surface area contributed by atoms with Crippen LogP contribution < -0.4 is 5.73 Å². The molecule has 0 radical (unpaired) electrons. The second-order valence-corrected chi connectivity index (χ2v) is 3.02. The fourth-order valence-corrected chi connectivity index (χ4v) is 1.29. The van der Waals surface area contributed by atoms with Gasteiger partial charge in [0.05, 0.1) is 6.54 Å². The van der Waals surface area contributed by atoms with E-state index in [1.54, 1.807) is 22.7 Å². The molecule has 2 rings (SSSR count). The zero-order valence-corrected chi connectivity index (χ0v) is 7.77. The summed E-state index contributed by atoms with van der Waals surface area (Å²) < 4.78 is 1.77. The molecule has 2 aromatic heterocycles. The Bertz CT molecular complexity index is 489. The third-order valence-corrected chi connectivity index (χ3v) is 2.08. The minimum Gasteiger partial charge on any atom is -0.324 e. The van der Waals surface area contributed by atoms with E-state index in [1.807, 2.05) is 6.92 Å². The van der Waals surface area contributed by atoms with Crippen molar-refractivity contribution in [2.75, 3.05) is 6.54 Å². The summed E-state index contributed by atoms with van der Waals surface area (Å²) >= 11 is 0. The largest absolute Gasteiger partial charge is 0.324 e. The molecule has 5 nitrogen and oxygen atoms in total. The number of carbonyl (C=O) groups is 1. The average molecular weight is 190 g/mol. The van der Waals surface area contributed by atoms with Crippen molar-refractivity contribution >= 4 is 11.4 Å². The Morgan fingerprint density at radius 2 is 2.29 bits per heavy atom. The molecule has 0 spiro atoms. The van der Waals surface area contributed by atoms with Crippen LogP contribution in [0.15, 0.2) is 18.3 Å². The number of pyridine rings is 1. The Hall–Kier alpha value is -1.75. The Morgan fingerprint density at radius 3 is 3.00 bits per heavy atom. The van der Waals surface area contributed by atoms with Crippen molar-refractivity contribution in [1.82, 2.24) is 14.6 Å². The van der Waals surface area contributed by atoms with E-state index in [9.17, 15) is 4.79 Å². The molecular formula is C9H10N4O. The van der Waals surface area contributed by atoms with Crippen LogP contribution in [0.1, 0.15) is 16.2 Å². The predicted molar refractivity (Wildman–Crippen MR) is 51.1 cm³/mol. The minimum atomic E-state index is -0.0833. The highest BCUT2D eigenvalue weighted by molar-refractivity contribution is 5.97. The third kappa shape index (κ3) is 1.27. The number of nitrogens with two attached hydrogens (primary N) is 1. The van der Waals surface area contributed by atoms with Gasteiger partial charge in [-0.25, -0.2) is 0 Å². The van der Waals surface area contributed by atoms with Gasteiger partial charge in [0, 0.05) is 11.8 Å². The van der Waals surface area contributed by atoms with Gasteiger partial charge < -0.3 is 5.73 Å². The van der Waals surface area contributed by atoms with Gasteiger partial charge in [-0.05, 0) is 19.1 Å². The van der Waals surface area contributed by atoms with E-state index in [1.165, 1.54) is 0 Å². The van der Waals surface area contributed by atoms with Gasteiger partial charge in [-0.1, -0.05) is 0 Å². The summed E-state index contributed by atoms with van der Waals surface area (Å²) in [6.07, 6.45) is 1.71. The van der Waals surface area contributed by atoms with Gasteiger partial charge in [-0.3, -0.25) is 9.20 Å². The van der Waals surface area contributed by atoms with Crippen molar-refractivity contribution in [3.05, 3.63) is 29.7 Å². The first kappa shape index (κ1) is 8.83. The van der Waals surface area contributed by atoms with Gasteiger partial charge in [-0.15, -0.1) is 10.2 Å². The first-order valence-corrected chi connectivity index (χ1v) is 4.27. The molecule has 0 unspecified atom stereocenters. The Labute approximate surface area is 80.6 Å². The van der Waals surface area contributed by atoms with Gasteiger partial charge in [0.15, 0.2) is 11.4 Å². The van der Waals surface area contributed by atoms with E-state index in [0.717, 1.165) is 11.5 Å². The van der Waals surface area contributed by atoms with Gasteiger partial charge in [0.25, 0.3) is 0 Å². The maximum absolute atomic E-state index is 11.3. The molecular weight excluding hydrogens is 180 g/mol. The lowest BCUT2D eigenvalue weighted by Crippen LogP contribution is -2.14. The van der Waals surface area contributed by atoms with Crippen molar-refractivity contribution in [2.45, 2.75) is 6.92 Å². The maximum atomic E-state index is 11.3. The van der Waals surface area contributed by atoms with Crippen LogP contribution in [0.4, 0.5) is 0 Å². The van der Waals surface area contributed by atoms with Gasteiger partial charge in [0.2, 0.25) is 0 Å². The fourth-order valence-electron chi connectivity index (χ4n) is 1.29. The lowest BCUT2D eigenvalue weighted by molar-refractivity contribution is 0.100. The molecule has 5 heteroatoms. The van der Waals surface area contributed by atoms with E-state index in [-0.39, 0.29) is 12.3 Å². The van der Waals surface area contributed by atoms with Crippen LogP contribution in [0.5, 0.6) is 0 Å². The van der Waals surface area contributed by atoms with Crippen molar-refractivity contribution in [2.24, 2.45) is 5.73 Å². The first-order chi connectivity index (χ1) is 6.72. The number of rotatable bonds is 2. The summed E-state index contributed by atoms with van der Waals surface area (Å²) in [5.74, 6) is 0.673. The number of aryl methyl sites for hydroxylation is 1. The van der Waals surface area contributed by atoms with Crippen LogP contribution in [-0.4, -0.2) is 26.9 Å². The normalized spacial score (nSPS) is 10.7. The molecule has 0 saturated carbocycles. The maximum Gasteiger partial charge on any atom is 0.177 e. The molecule has 0 amide bonds. The monoisotopic (exact) mass is 190 g/mol. The number of fused-ring (bicyclic) bond motifs is 1. The van der Waals surface area contributed by atoms with Crippen LogP contribution in [0, 0.1) is 6.92 Å². The Morgan fingerprint density at radius 1 is 1.50 bits per heavy atom. The summed E-state index contributed by atoms with van der Waals surface area (Å²) in [5.41, 5.74) is 6.59.